The van der Waals surface area contributed by atoms with Gasteiger partial charge in [0, 0.05) is 30.9 Å². The molecule has 0 aliphatic rings. The largest absolute Gasteiger partial charge is 0.493 e. The lowest BCUT2D eigenvalue weighted by molar-refractivity contribution is -0.120. The highest BCUT2D eigenvalue weighted by Gasteiger charge is 2.23. The number of aryl methyl sites for hydroxylation is 2. The summed E-state index contributed by atoms with van der Waals surface area (Å²) in [4.78, 5) is 21.2. The van der Waals surface area contributed by atoms with Crippen LogP contribution in [0.3, 0.4) is 0 Å². The molecule has 39 heavy (non-hydrogen) atoms. The number of nitrogens with one attached hydrogen (secondary N) is 2. The SMILES string of the molecule is CCc1cccc(CNC[C@H](O)[C@@H](Cc2cc(F)cc(F)c2)NC(=O)CSc2nc3nc(C)cc(O)n3n2)c1. The van der Waals surface area contributed by atoms with Crippen molar-refractivity contribution in [2.75, 3.05) is 12.3 Å². The Labute approximate surface area is 228 Å². The second-order valence-corrected chi connectivity index (χ2v) is 10.1. The molecule has 4 N–H and O–H groups in total. The van der Waals surface area contributed by atoms with Crippen LogP contribution in [0.5, 0.6) is 5.88 Å². The Morgan fingerprint density at radius 3 is 2.56 bits per heavy atom. The number of benzene rings is 2. The summed E-state index contributed by atoms with van der Waals surface area (Å²) in [7, 11) is 0. The minimum atomic E-state index is -1.04. The van der Waals surface area contributed by atoms with Gasteiger partial charge in [-0.05, 0) is 48.6 Å². The van der Waals surface area contributed by atoms with Crippen LogP contribution in [0, 0.1) is 18.6 Å². The molecule has 0 saturated heterocycles. The number of carbonyl (C=O) groups excluding carboxylic acids is 1. The maximum absolute atomic E-state index is 13.8. The summed E-state index contributed by atoms with van der Waals surface area (Å²) >= 11 is 1.03. The van der Waals surface area contributed by atoms with Gasteiger partial charge >= 0.3 is 0 Å². The molecule has 9 nitrogen and oxygen atoms in total. The van der Waals surface area contributed by atoms with E-state index >= 15 is 0 Å². The number of nitrogens with zero attached hydrogens (tertiary/aromatic N) is 4. The van der Waals surface area contributed by atoms with Crippen molar-refractivity contribution in [3.63, 3.8) is 0 Å². The van der Waals surface area contributed by atoms with E-state index < -0.39 is 29.7 Å². The third-order valence-electron chi connectivity index (χ3n) is 6.01. The molecule has 206 valence electrons. The first-order valence-electron chi connectivity index (χ1n) is 12.5. The Morgan fingerprint density at radius 1 is 1.08 bits per heavy atom. The zero-order valence-corrected chi connectivity index (χ0v) is 22.4. The fourth-order valence-electron chi connectivity index (χ4n) is 4.12. The number of amides is 1. The van der Waals surface area contributed by atoms with E-state index in [1.54, 1.807) is 6.92 Å². The Morgan fingerprint density at radius 2 is 1.82 bits per heavy atom. The number of aromatic nitrogens is 4. The third kappa shape index (κ3) is 7.94. The van der Waals surface area contributed by atoms with E-state index in [4.69, 9.17) is 0 Å². The van der Waals surface area contributed by atoms with Crippen LogP contribution in [0.4, 0.5) is 8.78 Å². The van der Waals surface area contributed by atoms with Crippen LogP contribution in [0.1, 0.15) is 29.3 Å². The highest BCUT2D eigenvalue weighted by Crippen LogP contribution is 2.18. The van der Waals surface area contributed by atoms with Crippen molar-refractivity contribution in [2.45, 2.75) is 50.5 Å². The zero-order chi connectivity index (χ0) is 27.9. The van der Waals surface area contributed by atoms with Gasteiger partial charge in [-0.3, -0.25) is 4.79 Å². The van der Waals surface area contributed by atoms with Crippen molar-refractivity contribution in [1.82, 2.24) is 30.2 Å². The number of aromatic hydroxyl groups is 1. The van der Waals surface area contributed by atoms with E-state index in [1.165, 1.54) is 28.3 Å². The number of aliphatic hydroxyl groups excluding tert-OH is 1. The molecule has 0 bridgehead atoms. The van der Waals surface area contributed by atoms with Crippen molar-refractivity contribution in [2.24, 2.45) is 0 Å². The minimum Gasteiger partial charge on any atom is -0.493 e. The normalized spacial score (nSPS) is 12.9. The van der Waals surface area contributed by atoms with Crippen LogP contribution >= 0.6 is 11.8 Å². The van der Waals surface area contributed by atoms with Gasteiger partial charge in [0.05, 0.1) is 17.9 Å². The van der Waals surface area contributed by atoms with Crippen LogP contribution in [0.15, 0.2) is 53.7 Å². The third-order valence-corrected chi connectivity index (χ3v) is 6.84. The molecule has 4 aromatic rings. The Hall–Kier alpha value is -3.61. The van der Waals surface area contributed by atoms with Crippen LogP contribution in [0.2, 0.25) is 0 Å². The number of halogens is 2. The van der Waals surface area contributed by atoms with Crippen molar-refractivity contribution in [1.29, 1.82) is 0 Å². The fraction of sp³-hybridized carbons (Fsp3) is 0.333. The van der Waals surface area contributed by atoms with E-state index in [9.17, 15) is 23.8 Å². The summed E-state index contributed by atoms with van der Waals surface area (Å²) in [5.74, 6) is -1.91. The van der Waals surface area contributed by atoms with Gasteiger partial charge in [-0.25, -0.2) is 13.8 Å². The van der Waals surface area contributed by atoms with Crippen LogP contribution in [0.25, 0.3) is 5.78 Å². The molecule has 0 radical (unpaired) electrons. The Balaban J connectivity index is 1.40. The number of hydrogen-bond donors (Lipinski definition) is 4. The molecule has 1 amide bonds. The molecule has 0 spiro atoms. The highest BCUT2D eigenvalue weighted by molar-refractivity contribution is 7.99. The minimum absolute atomic E-state index is 0.0168. The lowest BCUT2D eigenvalue weighted by atomic mass is 10.0. The molecule has 4 rings (SSSR count). The first-order chi connectivity index (χ1) is 18.7. The summed E-state index contributed by atoms with van der Waals surface area (Å²) in [5, 5.41) is 31.3. The van der Waals surface area contributed by atoms with Gasteiger partial charge < -0.3 is 20.8 Å². The number of aliphatic hydroxyl groups is 1. The average Bonchev–Trinajstić information content (AvgIpc) is 3.30. The molecule has 0 aliphatic carbocycles. The molecule has 0 unspecified atom stereocenters. The quantitative estimate of drug-likeness (QED) is 0.196. The topological polar surface area (TPSA) is 125 Å². The van der Waals surface area contributed by atoms with Crippen molar-refractivity contribution in [3.05, 3.63) is 82.5 Å². The fourth-order valence-corrected chi connectivity index (χ4v) is 4.75. The average molecular weight is 557 g/mol. The van der Waals surface area contributed by atoms with Crippen LogP contribution in [-0.4, -0.2) is 60.1 Å². The van der Waals surface area contributed by atoms with Crippen molar-refractivity contribution >= 4 is 23.4 Å². The lowest BCUT2D eigenvalue weighted by Gasteiger charge is -2.25. The highest BCUT2D eigenvalue weighted by atomic mass is 32.2. The van der Waals surface area contributed by atoms with Crippen LogP contribution < -0.4 is 10.6 Å². The molecule has 12 heteroatoms. The molecule has 0 saturated carbocycles. The molecule has 2 aromatic heterocycles. The molecular formula is C27H30F2N6O3S. The van der Waals surface area contributed by atoms with Gasteiger partial charge in [-0.1, -0.05) is 43.0 Å². The van der Waals surface area contributed by atoms with Gasteiger partial charge in [-0.15, -0.1) is 5.10 Å². The van der Waals surface area contributed by atoms with E-state index in [1.807, 2.05) is 18.2 Å². The summed E-state index contributed by atoms with van der Waals surface area (Å²) in [6.45, 7) is 4.44. The van der Waals surface area contributed by atoms with E-state index in [0.29, 0.717) is 17.8 Å². The van der Waals surface area contributed by atoms with Gasteiger partial charge in [0.15, 0.2) is 0 Å². The molecule has 0 aliphatic heterocycles. The van der Waals surface area contributed by atoms with Crippen LogP contribution in [-0.2, 0) is 24.2 Å². The maximum Gasteiger partial charge on any atom is 0.256 e. The first-order valence-corrected chi connectivity index (χ1v) is 13.5. The van der Waals surface area contributed by atoms with Gasteiger partial charge in [-0.2, -0.15) is 9.50 Å². The van der Waals surface area contributed by atoms with Gasteiger partial charge in [0.2, 0.25) is 16.9 Å². The second-order valence-electron chi connectivity index (χ2n) is 9.18. The van der Waals surface area contributed by atoms with E-state index in [2.05, 4.69) is 38.7 Å². The summed E-state index contributed by atoms with van der Waals surface area (Å²) < 4.78 is 28.8. The summed E-state index contributed by atoms with van der Waals surface area (Å²) in [6, 6.07) is 11.8. The lowest BCUT2D eigenvalue weighted by Crippen LogP contribution is -2.49. The molecule has 2 heterocycles. The second kappa shape index (κ2) is 13.0. The van der Waals surface area contributed by atoms with Crippen molar-refractivity contribution in [3.8, 4) is 5.88 Å². The number of thioether (sulfide) groups is 1. The van der Waals surface area contributed by atoms with Gasteiger partial charge in [0.25, 0.3) is 5.78 Å². The molecule has 2 aromatic carbocycles. The predicted molar refractivity (Wildman–Crippen MR) is 143 cm³/mol. The van der Waals surface area contributed by atoms with Gasteiger partial charge in [0.1, 0.15) is 11.6 Å². The monoisotopic (exact) mass is 556 g/mol. The predicted octanol–water partition coefficient (Wildman–Crippen LogP) is 2.95. The first kappa shape index (κ1) is 28.4. The summed E-state index contributed by atoms with van der Waals surface area (Å²) in [6.07, 6.45) is -0.116. The summed E-state index contributed by atoms with van der Waals surface area (Å²) in [5.41, 5.74) is 3.13. The molecule has 2 atom stereocenters. The molecule has 0 fully saturated rings. The Kier molecular flexibility index (Phi) is 9.44. The number of fused-ring (bicyclic) bond motifs is 1. The number of hydrogen-bond acceptors (Lipinski definition) is 8. The number of rotatable bonds is 12. The van der Waals surface area contributed by atoms with E-state index in [-0.39, 0.29) is 35.5 Å². The van der Waals surface area contributed by atoms with Crippen molar-refractivity contribution < 1.29 is 23.8 Å². The molecular weight excluding hydrogens is 526 g/mol. The smallest absolute Gasteiger partial charge is 0.256 e. The maximum atomic E-state index is 13.8. The Bertz CT molecular complexity index is 1430. The van der Waals surface area contributed by atoms with E-state index in [0.717, 1.165) is 29.8 Å². The number of carbonyl (C=O) groups is 1. The standard InChI is InChI=1S/C27H30F2N6O3S/c1-3-17-5-4-6-18(8-17)13-30-14-23(36)22(11-19-9-20(28)12-21(29)10-19)32-24(37)15-39-27-33-26-31-16(2)7-25(38)35(26)34-27/h4-10,12,22-23,30,36,38H,3,11,13-15H2,1-2H3,(H,32,37)/t22-,23+/m1/s1. The zero-order valence-electron chi connectivity index (χ0n) is 21.6.